The molecule has 0 aromatic carbocycles. The molecule has 3 nitrogen and oxygen atoms in total. The van der Waals surface area contributed by atoms with E-state index in [1.807, 2.05) is 0 Å². The van der Waals surface area contributed by atoms with E-state index in [1.54, 1.807) is 0 Å². The molecule has 3 saturated heterocycles. The van der Waals surface area contributed by atoms with Gasteiger partial charge >= 0.3 is 0 Å². The molecule has 0 aromatic rings. The molecule has 0 aromatic heterocycles. The van der Waals surface area contributed by atoms with Crippen LogP contribution in [-0.4, -0.2) is 62.3 Å². The van der Waals surface area contributed by atoms with E-state index in [2.05, 4.69) is 30.8 Å². The largest absolute Gasteiger partial charge is 0.379 e. The van der Waals surface area contributed by atoms with Gasteiger partial charge in [-0.25, -0.2) is 0 Å². The fourth-order valence-electron chi connectivity index (χ4n) is 2.49. The quantitative estimate of drug-likeness (QED) is 0.537. The number of hydrogen-bond acceptors (Lipinski definition) is 3. The predicted molar refractivity (Wildman–Crippen MR) is 52.8 cm³/mol. The standard InChI is InChI=1S/C10H20N2O/c1-8-6-13-7-9-4-12(3)10(8)5-11(9)2/h8-10H,4-7H2,1-3H3. The normalized spacial score (nSPS) is 43.2. The van der Waals surface area contributed by atoms with E-state index in [-0.39, 0.29) is 0 Å². The molecule has 2 bridgehead atoms. The van der Waals surface area contributed by atoms with E-state index in [4.69, 9.17) is 4.74 Å². The van der Waals surface area contributed by atoms with Crippen molar-refractivity contribution in [1.29, 1.82) is 0 Å². The molecule has 3 fully saturated rings. The zero-order valence-electron chi connectivity index (χ0n) is 8.86. The van der Waals surface area contributed by atoms with Crippen molar-refractivity contribution in [1.82, 2.24) is 9.80 Å². The lowest BCUT2D eigenvalue weighted by atomic mass is 9.96. The van der Waals surface area contributed by atoms with Crippen molar-refractivity contribution in [3.8, 4) is 0 Å². The van der Waals surface area contributed by atoms with Crippen molar-refractivity contribution in [2.24, 2.45) is 5.92 Å². The lowest BCUT2D eigenvalue weighted by Crippen LogP contribution is -2.61. The maximum absolute atomic E-state index is 5.67. The highest BCUT2D eigenvalue weighted by Gasteiger charge is 2.34. The van der Waals surface area contributed by atoms with Crippen LogP contribution < -0.4 is 0 Å². The van der Waals surface area contributed by atoms with E-state index < -0.39 is 0 Å². The number of rotatable bonds is 0. The fourth-order valence-corrected chi connectivity index (χ4v) is 2.49. The van der Waals surface area contributed by atoms with Crippen LogP contribution in [0.25, 0.3) is 0 Å². The van der Waals surface area contributed by atoms with Gasteiger partial charge in [0.15, 0.2) is 0 Å². The van der Waals surface area contributed by atoms with Crippen molar-refractivity contribution in [2.45, 2.75) is 19.0 Å². The van der Waals surface area contributed by atoms with Crippen LogP contribution in [0.5, 0.6) is 0 Å². The Kier molecular flexibility index (Phi) is 2.58. The van der Waals surface area contributed by atoms with Gasteiger partial charge in [0.2, 0.25) is 0 Å². The zero-order valence-corrected chi connectivity index (χ0v) is 8.86. The molecule has 0 radical (unpaired) electrons. The Bertz CT molecular complexity index is 182. The summed E-state index contributed by atoms with van der Waals surface area (Å²) < 4.78 is 5.67. The summed E-state index contributed by atoms with van der Waals surface area (Å²) in [5.74, 6) is 0.661. The first-order chi connectivity index (χ1) is 6.18. The van der Waals surface area contributed by atoms with Crippen LogP contribution in [0.2, 0.25) is 0 Å². The third-order valence-electron chi connectivity index (χ3n) is 3.51. The highest BCUT2D eigenvalue weighted by atomic mass is 16.5. The van der Waals surface area contributed by atoms with Crippen LogP contribution >= 0.6 is 0 Å². The highest BCUT2D eigenvalue weighted by Crippen LogP contribution is 2.21. The van der Waals surface area contributed by atoms with Gasteiger partial charge in [0, 0.05) is 25.2 Å². The Morgan fingerprint density at radius 2 is 1.85 bits per heavy atom. The Hall–Kier alpha value is -0.120. The van der Waals surface area contributed by atoms with Gasteiger partial charge in [-0.1, -0.05) is 6.92 Å². The molecule has 3 aliphatic rings. The zero-order chi connectivity index (χ0) is 9.42. The summed E-state index contributed by atoms with van der Waals surface area (Å²) in [5, 5.41) is 0. The van der Waals surface area contributed by atoms with Gasteiger partial charge in [0.25, 0.3) is 0 Å². The summed E-state index contributed by atoms with van der Waals surface area (Å²) in [6, 6.07) is 1.29. The molecule has 3 atom stereocenters. The maximum atomic E-state index is 5.67. The van der Waals surface area contributed by atoms with E-state index in [1.165, 1.54) is 6.54 Å². The van der Waals surface area contributed by atoms with Gasteiger partial charge in [-0.3, -0.25) is 4.90 Å². The molecule has 3 rings (SSSR count). The first-order valence-corrected chi connectivity index (χ1v) is 5.16. The smallest absolute Gasteiger partial charge is 0.0634 e. The third-order valence-corrected chi connectivity index (χ3v) is 3.51. The maximum Gasteiger partial charge on any atom is 0.0634 e. The van der Waals surface area contributed by atoms with E-state index in [0.29, 0.717) is 18.0 Å². The SMILES string of the molecule is CC1COCC2CN(C)C1CN2C. The number of nitrogens with zero attached hydrogens (tertiary/aromatic N) is 2. The second kappa shape index (κ2) is 3.56. The van der Waals surface area contributed by atoms with Crippen LogP contribution in [0.1, 0.15) is 6.92 Å². The van der Waals surface area contributed by atoms with E-state index >= 15 is 0 Å². The third kappa shape index (κ3) is 1.73. The first-order valence-electron chi connectivity index (χ1n) is 5.16. The van der Waals surface area contributed by atoms with Gasteiger partial charge in [-0.2, -0.15) is 0 Å². The summed E-state index contributed by atoms with van der Waals surface area (Å²) in [4.78, 5) is 4.94. The topological polar surface area (TPSA) is 15.7 Å². The highest BCUT2D eigenvalue weighted by molar-refractivity contribution is 4.89. The van der Waals surface area contributed by atoms with Crippen molar-refractivity contribution >= 4 is 0 Å². The molecule has 0 N–H and O–H groups in total. The Morgan fingerprint density at radius 1 is 1.08 bits per heavy atom. The van der Waals surface area contributed by atoms with Gasteiger partial charge in [0.05, 0.1) is 13.2 Å². The monoisotopic (exact) mass is 184 g/mol. The van der Waals surface area contributed by atoms with Crippen molar-refractivity contribution in [3.63, 3.8) is 0 Å². The summed E-state index contributed by atoms with van der Waals surface area (Å²) in [7, 11) is 4.46. The van der Waals surface area contributed by atoms with E-state index in [0.717, 1.165) is 19.8 Å². The van der Waals surface area contributed by atoms with Crippen LogP contribution in [0.3, 0.4) is 0 Å². The molecule has 3 heterocycles. The molecule has 0 aliphatic carbocycles. The second-order valence-corrected chi connectivity index (χ2v) is 4.62. The van der Waals surface area contributed by atoms with Crippen LogP contribution in [0, 0.1) is 5.92 Å². The molecule has 0 amide bonds. The lowest BCUT2D eigenvalue weighted by molar-refractivity contribution is -0.0600. The van der Waals surface area contributed by atoms with Crippen molar-refractivity contribution in [2.75, 3.05) is 40.4 Å². The molecular formula is C10H20N2O. The summed E-state index contributed by atoms with van der Waals surface area (Å²) in [6.07, 6.45) is 0. The summed E-state index contributed by atoms with van der Waals surface area (Å²) >= 11 is 0. The van der Waals surface area contributed by atoms with Gasteiger partial charge in [-0.05, 0) is 20.0 Å². The van der Waals surface area contributed by atoms with Crippen molar-refractivity contribution < 1.29 is 4.74 Å². The Balaban J connectivity index is 2.13. The minimum absolute atomic E-state index is 0.605. The molecule has 3 unspecified atom stereocenters. The number of fused-ring (bicyclic) bond motifs is 5. The van der Waals surface area contributed by atoms with Crippen molar-refractivity contribution in [3.05, 3.63) is 0 Å². The second-order valence-electron chi connectivity index (χ2n) is 4.62. The molecule has 3 heteroatoms. The van der Waals surface area contributed by atoms with Crippen LogP contribution in [0.15, 0.2) is 0 Å². The van der Waals surface area contributed by atoms with Gasteiger partial charge in [0.1, 0.15) is 0 Å². The van der Waals surface area contributed by atoms with Gasteiger partial charge < -0.3 is 9.64 Å². The summed E-state index contributed by atoms with van der Waals surface area (Å²) in [6.45, 7) is 6.48. The average molecular weight is 184 g/mol. The number of piperazine rings is 1. The fraction of sp³-hybridized carbons (Fsp3) is 1.00. The molecule has 0 spiro atoms. The van der Waals surface area contributed by atoms with Gasteiger partial charge in [-0.15, -0.1) is 0 Å². The average Bonchev–Trinajstić information content (AvgIpc) is 2.07. The first kappa shape index (κ1) is 9.44. The molecule has 3 aliphatic heterocycles. The Labute approximate surface area is 80.6 Å². The van der Waals surface area contributed by atoms with E-state index in [9.17, 15) is 0 Å². The summed E-state index contributed by atoms with van der Waals surface area (Å²) in [5.41, 5.74) is 0. The Morgan fingerprint density at radius 3 is 2.62 bits per heavy atom. The molecule has 0 saturated carbocycles. The minimum Gasteiger partial charge on any atom is -0.379 e. The number of ether oxygens (including phenoxy) is 1. The van der Waals surface area contributed by atoms with Crippen LogP contribution in [-0.2, 0) is 4.74 Å². The predicted octanol–water partition coefficient (Wildman–Crippen LogP) is 0.267. The number of likely N-dealkylation sites (N-methyl/N-ethyl adjacent to an activating group) is 2. The molecular weight excluding hydrogens is 164 g/mol. The molecule has 76 valence electrons. The molecule has 13 heavy (non-hydrogen) atoms. The lowest BCUT2D eigenvalue weighted by Gasteiger charge is -2.47. The minimum atomic E-state index is 0.605. The van der Waals surface area contributed by atoms with Crippen LogP contribution in [0.4, 0.5) is 0 Å². The number of hydrogen-bond donors (Lipinski definition) is 0.